The molecule has 33 heavy (non-hydrogen) atoms. The lowest BCUT2D eigenvalue weighted by Gasteiger charge is -2.20. The number of hydrogen-bond acceptors (Lipinski definition) is 4. The van der Waals surface area contributed by atoms with Crippen molar-refractivity contribution in [2.75, 3.05) is 0 Å². The third kappa shape index (κ3) is 8.54. The van der Waals surface area contributed by atoms with Gasteiger partial charge in [-0.2, -0.15) is 13.2 Å². The van der Waals surface area contributed by atoms with Crippen LogP contribution in [-0.2, 0) is 17.3 Å². The Balaban J connectivity index is 0.000000383. The van der Waals surface area contributed by atoms with Gasteiger partial charge in [0, 0.05) is 43.2 Å². The minimum Gasteiger partial charge on any atom is -0.394 e. The molecular weight excluding hydrogens is 504 g/mol. The van der Waals surface area contributed by atoms with Crippen molar-refractivity contribution in [3.8, 4) is 0 Å². The van der Waals surface area contributed by atoms with Crippen molar-refractivity contribution in [1.82, 2.24) is 10.3 Å². The van der Waals surface area contributed by atoms with Gasteiger partial charge in [0.15, 0.2) is 0 Å². The second-order valence-corrected chi connectivity index (χ2v) is 7.03. The predicted molar refractivity (Wildman–Crippen MR) is 108 cm³/mol. The van der Waals surface area contributed by atoms with Crippen molar-refractivity contribution < 1.29 is 35.5 Å². The minimum atomic E-state index is -5.02. The highest BCUT2D eigenvalue weighted by Gasteiger charge is 2.41. The van der Waals surface area contributed by atoms with Crippen LogP contribution in [0.5, 0.6) is 0 Å². The topological polar surface area (TPSA) is 91.9 Å². The SMILES string of the molecule is N=C/C(CC(F)(F)c1c(Cl)cncc1Cl)=C(\N)C(F)(F)F.O=CNCc1cc(F)cc(F)c1. The van der Waals surface area contributed by atoms with Crippen LogP contribution >= 0.6 is 23.2 Å². The molecule has 0 atom stereocenters. The molecule has 2 aromatic rings. The highest BCUT2D eigenvalue weighted by molar-refractivity contribution is 6.35. The van der Waals surface area contributed by atoms with Crippen LogP contribution < -0.4 is 11.1 Å². The van der Waals surface area contributed by atoms with Gasteiger partial charge in [0.25, 0.3) is 5.92 Å². The Kier molecular flexibility index (Phi) is 10.1. The van der Waals surface area contributed by atoms with E-state index >= 15 is 0 Å². The standard InChI is InChI=1S/C11H8Cl2F5N3.C8H7F2NO/c12-6-3-21-4-7(13)8(6)10(14,15)1-5(2-19)9(20)11(16,17)18;9-7-1-6(4-11-5-12)2-8(10)3-7/h2-4,19H,1,20H2;1-3,5H,4H2,(H,11,12)/b9-5-,19-2?;. The molecule has 0 aliphatic carbocycles. The fraction of sp³-hybridized carbons (Fsp3) is 0.211. The number of pyridine rings is 1. The van der Waals surface area contributed by atoms with Crippen LogP contribution in [0.4, 0.5) is 30.7 Å². The van der Waals surface area contributed by atoms with E-state index in [1.165, 1.54) is 12.1 Å². The average molecular weight is 519 g/mol. The van der Waals surface area contributed by atoms with Crippen LogP contribution in [0.2, 0.25) is 10.0 Å². The average Bonchev–Trinajstić information content (AvgIpc) is 2.68. The normalized spacial score (nSPS) is 12.3. The van der Waals surface area contributed by atoms with Gasteiger partial charge in [-0.3, -0.25) is 9.78 Å². The van der Waals surface area contributed by atoms with Gasteiger partial charge in [0.1, 0.15) is 17.3 Å². The molecule has 5 nitrogen and oxygen atoms in total. The van der Waals surface area contributed by atoms with Crippen LogP contribution in [0, 0.1) is 17.0 Å². The predicted octanol–water partition coefficient (Wildman–Crippen LogP) is 5.51. The van der Waals surface area contributed by atoms with E-state index in [0.29, 0.717) is 12.0 Å². The number of carbonyl (C=O) groups is 1. The zero-order chi connectivity index (χ0) is 25.4. The third-order valence-electron chi connectivity index (χ3n) is 3.77. The van der Waals surface area contributed by atoms with E-state index in [-0.39, 0.29) is 12.8 Å². The lowest BCUT2D eigenvalue weighted by atomic mass is 10.00. The highest BCUT2D eigenvalue weighted by atomic mass is 35.5. The molecule has 0 bridgehead atoms. The molecular formula is C19H15Cl2F7N4O. The van der Waals surface area contributed by atoms with Crippen molar-refractivity contribution in [3.05, 3.63) is 74.7 Å². The molecule has 0 saturated carbocycles. The number of allylic oxidation sites excluding steroid dienone is 2. The maximum Gasteiger partial charge on any atom is 0.431 e. The summed E-state index contributed by atoms with van der Waals surface area (Å²) in [6, 6.07) is 3.11. The van der Waals surface area contributed by atoms with Crippen molar-refractivity contribution in [2.24, 2.45) is 5.73 Å². The van der Waals surface area contributed by atoms with E-state index < -0.39 is 57.0 Å². The molecule has 0 aliphatic heterocycles. The van der Waals surface area contributed by atoms with Crippen LogP contribution in [0.15, 0.2) is 41.9 Å². The number of carbonyl (C=O) groups excluding carboxylic acids is 1. The van der Waals surface area contributed by atoms with Gasteiger partial charge in [-0.1, -0.05) is 23.2 Å². The van der Waals surface area contributed by atoms with Gasteiger partial charge in [-0.15, -0.1) is 0 Å². The Morgan fingerprint density at radius 1 is 1.06 bits per heavy atom. The fourth-order valence-corrected chi connectivity index (χ4v) is 3.01. The summed E-state index contributed by atoms with van der Waals surface area (Å²) < 4.78 is 90.5. The Hall–Kier alpha value is -2.86. The molecule has 0 spiro atoms. The first-order valence-electron chi connectivity index (χ1n) is 8.58. The first-order valence-corrected chi connectivity index (χ1v) is 9.34. The van der Waals surface area contributed by atoms with E-state index in [1.54, 1.807) is 0 Å². The number of rotatable bonds is 7. The van der Waals surface area contributed by atoms with E-state index in [0.717, 1.165) is 18.5 Å². The maximum absolute atomic E-state index is 14.1. The Bertz CT molecular complexity index is 989. The second kappa shape index (κ2) is 11.8. The number of nitrogens with two attached hydrogens (primary N) is 1. The zero-order valence-electron chi connectivity index (χ0n) is 16.3. The van der Waals surface area contributed by atoms with Gasteiger partial charge in [0.2, 0.25) is 6.41 Å². The lowest BCUT2D eigenvalue weighted by molar-refractivity contribution is -0.109. The number of amides is 1. The van der Waals surface area contributed by atoms with Crippen molar-refractivity contribution >= 4 is 35.8 Å². The van der Waals surface area contributed by atoms with Crippen molar-refractivity contribution in [3.63, 3.8) is 0 Å². The molecule has 1 heterocycles. The molecule has 180 valence electrons. The summed E-state index contributed by atoms with van der Waals surface area (Å²) in [5.41, 5.74) is 1.46. The largest absolute Gasteiger partial charge is 0.431 e. The number of halogens is 9. The molecule has 4 N–H and O–H groups in total. The number of hydrogen-bond donors (Lipinski definition) is 3. The summed E-state index contributed by atoms with van der Waals surface area (Å²) in [6.07, 6.45) is -4.11. The second-order valence-electron chi connectivity index (χ2n) is 6.22. The van der Waals surface area contributed by atoms with Gasteiger partial charge in [-0.05, 0) is 17.7 Å². The molecule has 1 amide bonds. The van der Waals surface area contributed by atoms with Gasteiger partial charge in [0.05, 0.1) is 15.6 Å². The van der Waals surface area contributed by atoms with Crippen LogP contribution in [-0.4, -0.2) is 23.8 Å². The van der Waals surface area contributed by atoms with Gasteiger partial charge >= 0.3 is 6.18 Å². The van der Waals surface area contributed by atoms with Crippen LogP contribution in [0.25, 0.3) is 0 Å². The van der Waals surface area contributed by atoms with E-state index in [4.69, 9.17) is 34.3 Å². The molecule has 1 aromatic heterocycles. The van der Waals surface area contributed by atoms with E-state index in [2.05, 4.69) is 10.3 Å². The maximum atomic E-state index is 14.1. The first-order chi connectivity index (χ1) is 15.2. The van der Waals surface area contributed by atoms with Gasteiger partial charge < -0.3 is 16.5 Å². The summed E-state index contributed by atoms with van der Waals surface area (Å²) in [6.45, 7) is 0.137. The Labute approximate surface area is 192 Å². The number of nitrogens with one attached hydrogen (secondary N) is 2. The molecule has 1 aromatic carbocycles. The monoisotopic (exact) mass is 518 g/mol. The Morgan fingerprint density at radius 3 is 2.00 bits per heavy atom. The number of alkyl halides is 5. The van der Waals surface area contributed by atoms with E-state index in [9.17, 15) is 35.5 Å². The first kappa shape index (κ1) is 28.2. The fourth-order valence-electron chi connectivity index (χ4n) is 2.37. The van der Waals surface area contributed by atoms with Crippen molar-refractivity contribution in [2.45, 2.75) is 25.1 Å². The molecule has 0 radical (unpaired) electrons. The molecule has 0 unspecified atom stereocenters. The molecule has 2 rings (SSSR count). The number of benzene rings is 1. The quantitative estimate of drug-likeness (QED) is 0.256. The molecule has 14 heteroatoms. The summed E-state index contributed by atoms with van der Waals surface area (Å²) in [5, 5.41) is 8.16. The lowest BCUT2D eigenvalue weighted by Crippen LogP contribution is -2.25. The summed E-state index contributed by atoms with van der Waals surface area (Å²) in [7, 11) is 0. The smallest absolute Gasteiger partial charge is 0.394 e. The number of aromatic nitrogens is 1. The summed E-state index contributed by atoms with van der Waals surface area (Å²) in [4.78, 5) is 13.3. The van der Waals surface area contributed by atoms with Crippen LogP contribution in [0.1, 0.15) is 17.5 Å². The number of nitrogens with zero attached hydrogens (tertiary/aromatic N) is 1. The molecule has 0 aliphatic rings. The summed E-state index contributed by atoms with van der Waals surface area (Å²) >= 11 is 11.1. The minimum absolute atomic E-state index is 0.125. The van der Waals surface area contributed by atoms with E-state index in [1.807, 2.05) is 0 Å². The molecule has 0 fully saturated rings. The molecule has 0 saturated heterocycles. The zero-order valence-corrected chi connectivity index (χ0v) is 17.8. The summed E-state index contributed by atoms with van der Waals surface area (Å²) in [5.74, 6) is -5.13. The Morgan fingerprint density at radius 2 is 1.58 bits per heavy atom. The van der Waals surface area contributed by atoms with Gasteiger partial charge in [-0.25, -0.2) is 17.6 Å². The third-order valence-corrected chi connectivity index (χ3v) is 4.34. The highest BCUT2D eigenvalue weighted by Crippen LogP contribution is 2.42. The van der Waals surface area contributed by atoms with Crippen molar-refractivity contribution in [1.29, 1.82) is 5.41 Å². The van der Waals surface area contributed by atoms with Crippen LogP contribution in [0.3, 0.4) is 0 Å².